The predicted molar refractivity (Wildman–Crippen MR) is 55.8 cm³/mol. The van der Waals surface area contributed by atoms with Crippen LogP contribution in [0.2, 0.25) is 0 Å². The van der Waals surface area contributed by atoms with Crippen molar-refractivity contribution in [3.05, 3.63) is 29.8 Å². The molecular formula is C11H17NO. The summed E-state index contributed by atoms with van der Waals surface area (Å²) in [7, 11) is 1.87. The van der Waals surface area contributed by atoms with E-state index in [4.69, 9.17) is 0 Å². The number of rotatable bonds is 3. The van der Waals surface area contributed by atoms with Crippen LogP contribution in [0.5, 0.6) is 0 Å². The van der Waals surface area contributed by atoms with Crippen LogP contribution < -0.4 is 5.32 Å². The lowest BCUT2D eigenvalue weighted by atomic mass is 9.98. The Morgan fingerprint density at radius 3 is 2.38 bits per heavy atom. The average molecular weight is 179 g/mol. The molecule has 0 aromatic heterocycles. The van der Waals surface area contributed by atoms with Crippen molar-refractivity contribution in [2.75, 3.05) is 12.4 Å². The van der Waals surface area contributed by atoms with Crippen LogP contribution in [0.15, 0.2) is 24.3 Å². The molecule has 13 heavy (non-hydrogen) atoms. The van der Waals surface area contributed by atoms with Gasteiger partial charge in [0.25, 0.3) is 0 Å². The predicted octanol–water partition coefficient (Wildman–Crippen LogP) is 2.42. The van der Waals surface area contributed by atoms with Crippen LogP contribution in [0.4, 0.5) is 5.69 Å². The van der Waals surface area contributed by atoms with Crippen LogP contribution >= 0.6 is 0 Å². The summed E-state index contributed by atoms with van der Waals surface area (Å²) in [5, 5.41) is 12.9. The molecule has 1 unspecified atom stereocenters. The number of aliphatic hydroxyl groups excluding tert-OH is 1. The molecule has 2 heteroatoms. The van der Waals surface area contributed by atoms with Gasteiger partial charge in [0.2, 0.25) is 0 Å². The van der Waals surface area contributed by atoms with Gasteiger partial charge in [0.15, 0.2) is 0 Å². The highest BCUT2D eigenvalue weighted by Crippen LogP contribution is 2.27. The van der Waals surface area contributed by atoms with E-state index in [-0.39, 0.29) is 12.0 Å². The van der Waals surface area contributed by atoms with Gasteiger partial charge in [-0.05, 0) is 12.0 Å². The van der Waals surface area contributed by atoms with Crippen LogP contribution in [0.1, 0.15) is 25.5 Å². The van der Waals surface area contributed by atoms with E-state index in [2.05, 4.69) is 5.32 Å². The first-order valence-corrected chi connectivity index (χ1v) is 4.61. The molecule has 2 N–H and O–H groups in total. The van der Waals surface area contributed by atoms with Gasteiger partial charge in [0, 0.05) is 18.3 Å². The quantitative estimate of drug-likeness (QED) is 0.746. The molecule has 0 bridgehead atoms. The first-order valence-electron chi connectivity index (χ1n) is 4.61. The molecule has 0 amide bonds. The Balaban J connectivity index is 2.98. The van der Waals surface area contributed by atoms with Crippen molar-refractivity contribution in [3.8, 4) is 0 Å². The molecule has 1 aromatic rings. The van der Waals surface area contributed by atoms with Crippen LogP contribution in [0, 0.1) is 5.92 Å². The first-order chi connectivity index (χ1) is 6.16. The minimum atomic E-state index is -0.386. The van der Waals surface area contributed by atoms with Crippen molar-refractivity contribution in [3.63, 3.8) is 0 Å². The largest absolute Gasteiger partial charge is 0.388 e. The zero-order valence-corrected chi connectivity index (χ0v) is 8.41. The SMILES string of the molecule is CNc1ccccc1C(O)C(C)C. The summed E-state index contributed by atoms with van der Waals surface area (Å²) in [6.45, 7) is 4.02. The second-order valence-electron chi connectivity index (χ2n) is 3.53. The molecule has 0 fully saturated rings. The molecule has 2 nitrogen and oxygen atoms in total. The minimum absolute atomic E-state index is 0.245. The smallest absolute Gasteiger partial charge is 0.0832 e. The molecule has 0 heterocycles. The lowest BCUT2D eigenvalue weighted by Crippen LogP contribution is -2.08. The number of hydrogen-bond acceptors (Lipinski definition) is 2. The zero-order valence-electron chi connectivity index (χ0n) is 8.41. The summed E-state index contributed by atoms with van der Waals surface area (Å²) in [5.74, 6) is 0.245. The number of aliphatic hydroxyl groups is 1. The van der Waals surface area contributed by atoms with E-state index in [1.165, 1.54) is 0 Å². The third-order valence-corrected chi connectivity index (χ3v) is 2.18. The van der Waals surface area contributed by atoms with Crippen LogP contribution in [0.3, 0.4) is 0 Å². The second kappa shape index (κ2) is 4.28. The van der Waals surface area contributed by atoms with Crippen molar-refractivity contribution < 1.29 is 5.11 Å². The van der Waals surface area contributed by atoms with E-state index in [0.717, 1.165) is 11.3 Å². The fourth-order valence-electron chi connectivity index (χ4n) is 1.34. The number of para-hydroxylation sites is 1. The molecule has 0 aliphatic rings. The Hall–Kier alpha value is -1.02. The van der Waals surface area contributed by atoms with E-state index in [0.29, 0.717) is 0 Å². The van der Waals surface area contributed by atoms with Crippen LogP contribution in [-0.2, 0) is 0 Å². The molecule has 0 radical (unpaired) electrons. The van der Waals surface area contributed by atoms with Crippen LogP contribution in [0.25, 0.3) is 0 Å². The molecule has 1 atom stereocenters. The summed E-state index contributed by atoms with van der Waals surface area (Å²) >= 11 is 0. The highest BCUT2D eigenvalue weighted by atomic mass is 16.3. The van der Waals surface area contributed by atoms with Crippen molar-refractivity contribution in [1.29, 1.82) is 0 Å². The molecule has 0 saturated heterocycles. The highest BCUT2D eigenvalue weighted by Gasteiger charge is 2.14. The van der Waals surface area contributed by atoms with E-state index in [1.54, 1.807) is 0 Å². The lowest BCUT2D eigenvalue weighted by Gasteiger charge is -2.18. The van der Waals surface area contributed by atoms with Gasteiger partial charge in [-0.2, -0.15) is 0 Å². The number of nitrogens with one attached hydrogen (secondary N) is 1. The molecule has 1 rings (SSSR count). The molecule has 0 spiro atoms. The zero-order chi connectivity index (χ0) is 9.84. The van der Waals surface area contributed by atoms with Gasteiger partial charge in [0.1, 0.15) is 0 Å². The van der Waals surface area contributed by atoms with Crippen molar-refractivity contribution in [2.45, 2.75) is 20.0 Å². The average Bonchev–Trinajstić information content (AvgIpc) is 2.16. The summed E-state index contributed by atoms with van der Waals surface area (Å²) in [5.41, 5.74) is 1.98. The van der Waals surface area contributed by atoms with Gasteiger partial charge in [-0.25, -0.2) is 0 Å². The number of anilines is 1. The van der Waals surface area contributed by atoms with Gasteiger partial charge in [0.05, 0.1) is 6.10 Å². The van der Waals surface area contributed by atoms with Gasteiger partial charge < -0.3 is 10.4 Å². The molecule has 0 aliphatic carbocycles. The van der Waals surface area contributed by atoms with Gasteiger partial charge in [-0.15, -0.1) is 0 Å². The van der Waals surface area contributed by atoms with Gasteiger partial charge in [-0.1, -0.05) is 32.0 Å². The van der Waals surface area contributed by atoms with Gasteiger partial charge in [-0.3, -0.25) is 0 Å². The first kappa shape index (κ1) is 10.1. The fraction of sp³-hybridized carbons (Fsp3) is 0.455. The van der Waals surface area contributed by atoms with E-state index < -0.39 is 0 Å². The summed E-state index contributed by atoms with van der Waals surface area (Å²) in [4.78, 5) is 0. The Morgan fingerprint density at radius 1 is 1.23 bits per heavy atom. The summed E-state index contributed by atoms with van der Waals surface area (Å²) < 4.78 is 0. The third kappa shape index (κ3) is 2.22. The van der Waals surface area contributed by atoms with Crippen molar-refractivity contribution in [2.24, 2.45) is 5.92 Å². The van der Waals surface area contributed by atoms with Gasteiger partial charge >= 0.3 is 0 Å². The fourth-order valence-corrected chi connectivity index (χ4v) is 1.34. The Morgan fingerprint density at radius 2 is 1.85 bits per heavy atom. The normalized spacial score (nSPS) is 13.0. The maximum Gasteiger partial charge on any atom is 0.0832 e. The molecule has 0 aliphatic heterocycles. The summed E-state index contributed by atoms with van der Waals surface area (Å²) in [6, 6.07) is 7.83. The molecule has 1 aromatic carbocycles. The second-order valence-corrected chi connectivity index (χ2v) is 3.53. The molecule has 72 valence electrons. The monoisotopic (exact) mass is 179 g/mol. The van der Waals surface area contributed by atoms with Crippen molar-refractivity contribution >= 4 is 5.69 Å². The van der Waals surface area contributed by atoms with Crippen LogP contribution in [-0.4, -0.2) is 12.2 Å². The Labute approximate surface area is 79.6 Å². The Kier molecular flexibility index (Phi) is 3.32. The molecule has 0 saturated carbocycles. The van der Waals surface area contributed by atoms with Crippen molar-refractivity contribution in [1.82, 2.24) is 0 Å². The minimum Gasteiger partial charge on any atom is -0.388 e. The molecular weight excluding hydrogens is 162 g/mol. The number of hydrogen-bond donors (Lipinski definition) is 2. The Bertz CT molecular complexity index is 271. The van der Waals surface area contributed by atoms with E-state index in [9.17, 15) is 5.11 Å². The van der Waals surface area contributed by atoms with E-state index >= 15 is 0 Å². The maximum absolute atomic E-state index is 9.87. The maximum atomic E-state index is 9.87. The summed E-state index contributed by atoms with van der Waals surface area (Å²) in [6.07, 6.45) is -0.386. The third-order valence-electron chi connectivity index (χ3n) is 2.18. The number of benzene rings is 1. The standard InChI is InChI=1S/C11H17NO/c1-8(2)11(13)9-6-4-5-7-10(9)12-3/h4-8,11-13H,1-3H3. The van der Waals surface area contributed by atoms with E-state index in [1.807, 2.05) is 45.2 Å². The lowest BCUT2D eigenvalue weighted by molar-refractivity contribution is 0.127. The topological polar surface area (TPSA) is 32.3 Å². The highest BCUT2D eigenvalue weighted by molar-refractivity contribution is 5.51.